The smallest absolute Gasteiger partial charge is 0.118 e. The molecule has 1 fully saturated rings. The van der Waals surface area contributed by atoms with Gasteiger partial charge in [0, 0.05) is 19.1 Å². The van der Waals surface area contributed by atoms with Gasteiger partial charge in [0.1, 0.15) is 6.10 Å². The van der Waals surface area contributed by atoms with E-state index in [1.54, 1.807) is 0 Å². The second-order valence-corrected chi connectivity index (χ2v) is 2.67. The maximum Gasteiger partial charge on any atom is 0.118 e. The summed E-state index contributed by atoms with van der Waals surface area (Å²) in [5, 5.41) is 10.5. The molecule has 0 aromatic heterocycles. The van der Waals surface area contributed by atoms with Gasteiger partial charge in [-0.3, -0.25) is 4.90 Å². The van der Waals surface area contributed by atoms with E-state index in [1.165, 1.54) is 0 Å². The van der Waals surface area contributed by atoms with Gasteiger partial charge < -0.3 is 0 Å². The SMILES string of the molecule is CC(C)N1CC([O])C1. The van der Waals surface area contributed by atoms with Gasteiger partial charge in [0.15, 0.2) is 0 Å². The topological polar surface area (TPSA) is 23.1 Å². The summed E-state index contributed by atoms with van der Waals surface area (Å²) < 4.78 is 0. The van der Waals surface area contributed by atoms with Crippen LogP contribution in [0, 0.1) is 0 Å². The van der Waals surface area contributed by atoms with Crippen LogP contribution in [0.15, 0.2) is 0 Å². The fraction of sp³-hybridized carbons (Fsp3) is 1.00. The third kappa shape index (κ3) is 1.01. The highest BCUT2D eigenvalue weighted by molar-refractivity contribution is 4.80. The van der Waals surface area contributed by atoms with E-state index < -0.39 is 0 Å². The van der Waals surface area contributed by atoms with Crippen LogP contribution in [0.25, 0.3) is 0 Å². The molecule has 0 aromatic rings. The van der Waals surface area contributed by atoms with Crippen LogP contribution in [0.1, 0.15) is 13.8 Å². The Morgan fingerprint density at radius 1 is 1.50 bits per heavy atom. The molecule has 2 nitrogen and oxygen atoms in total. The number of likely N-dealkylation sites (tertiary alicyclic amines) is 1. The zero-order valence-corrected chi connectivity index (χ0v) is 5.42. The highest BCUT2D eigenvalue weighted by Crippen LogP contribution is 2.10. The highest BCUT2D eigenvalue weighted by Gasteiger charge is 2.27. The van der Waals surface area contributed by atoms with Crippen molar-refractivity contribution in [3.8, 4) is 0 Å². The van der Waals surface area contributed by atoms with Gasteiger partial charge in [0.2, 0.25) is 0 Å². The first-order valence-corrected chi connectivity index (χ1v) is 3.10. The van der Waals surface area contributed by atoms with Gasteiger partial charge in [-0.1, -0.05) is 0 Å². The first kappa shape index (κ1) is 6.05. The fourth-order valence-corrected chi connectivity index (χ4v) is 0.891. The summed E-state index contributed by atoms with van der Waals surface area (Å²) >= 11 is 0. The molecule has 0 saturated carbocycles. The molecule has 0 amide bonds. The molecule has 2 heteroatoms. The van der Waals surface area contributed by atoms with E-state index >= 15 is 0 Å². The van der Waals surface area contributed by atoms with Crippen LogP contribution in [0.2, 0.25) is 0 Å². The van der Waals surface area contributed by atoms with Gasteiger partial charge in [-0.2, -0.15) is 0 Å². The summed E-state index contributed by atoms with van der Waals surface area (Å²) in [6.07, 6.45) is -0.294. The number of rotatable bonds is 1. The van der Waals surface area contributed by atoms with Gasteiger partial charge in [0.05, 0.1) is 0 Å². The first-order chi connectivity index (χ1) is 3.70. The van der Waals surface area contributed by atoms with Crippen LogP contribution in [0.5, 0.6) is 0 Å². The Bertz CT molecular complexity index is 76.6. The van der Waals surface area contributed by atoms with E-state index in [4.69, 9.17) is 0 Å². The molecule has 1 heterocycles. The molecule has 0 unspecified atom stereocenters. The molecule has 0 aromatic carbocycles. The molecular weight excluding hydrogens is 102 g/mol. The summed E-state index contributed by atoms with van der Waals surface area (Å²) in [6.45, 7) is 5.76. The summed E-state index contributed by atoms with van der Waals surface area (Å²) in [5.74, 6) is 0. The van der Waals surface area contributed by atoms with Crippen molar-refractivity contribution in [2.75, 3.05) is 13.1 Å². The Labute approximate surface area is 50.1 Å². The highest BCUT2D eigenvalue weighted by atomic mass is 16.3. The van der Waals surface area contributed by atoms with E-state index in [-0.39, 0.29) is 6.10 Å². The molecule has 1 aliphatic heterocycles. The van der Waals surface area contributed by atoms with Crippen molar-refractivity contribution in [1.29, 1.82) is 0 Å². The molecule has 0 atom stereocenters. The molecule has 1 radical (unpaired) electrons. The average Bonchev–Trinajstić information content (AvgIpc) is 1.57. The van der Waals surface area contributed by atoms with Crippen molar-refractivity contribution in [1.82, 2.24) is 4.90 Å². The van der Waals surface area contributed by atoms with Crippen molar-refractivity contribution < 1.29 is 5.11 Å². The third-order valence-corrected chi connectivity index (χ3v) is 1.61. The maximum absolute atomic E-state index is 10.5. The van der Waals surface area contributed by atoms with Gasteiger partial charge in [-0.15, -0.1) is 0 Å². The van der Waals surface area contributed by atoms with Crippen LogP contribution in [-0.2, 0) is 5.11 Å². The number of nitrogens with zero attached hydrogens (tertiary/aromatic N) is 1. The van der Waals surface area contributed by atoms with Gasteiger partial charge >= 0.3 is 0 Å². The van der Waals surface area contributed by atoms with Crippen LogP contribution in [0.4, 0.5) is 0 Å². The minimum atomic E-state index is -0.294. The maximum atomic E-state index is 10.5. The third-order valence-electron chi connectivity index (χ3n) is 1.61. The molecule has 0 aliphatic carbocycles. The zero-order chi connectivity index (χ0) is 6.15. The van der Waals surface area contributed by atoms with E-state index in [0.717, 1.165) is 13.1 Å². The Morgan fingerprint density at radius 3 is 2.12 bits per heavy atom. The lowest BCUT2D eigenvalue weighted by Crippen LogP contribution is -2.52. The van der Waals surface area contributed by atoms with Crippen molar-refractivity contribution in [3.63, 3.8) is 0 Å². The lowest BCUT2D eigenvalue weighted by Gasteiger charge is -2.37. The van der Waals surface area contributed by atoms with Gasteiger partial charge in [0.25, 0.3) is 0 Å². The Kier molecular flexibility index (Phi) is 1.54. The van der Waals surface area contributed by atoms with E-state index in [0.29, 0.717) is 6.04 Å². The zero-order valence-electron chi connectivity index (χ0n) is 5.42. The molecule has 47 valence electrons. The van der Waals surface area contributed by atoms with Gasteiger partial charge in [-0.25, -0.2) is 5.11 Å². The van der Waals surface area contributed by atoms with E-state index in [9.17, 15) is 5.11 Å². The minimum Gasteiger partial charge on any atom is -0.295 e. The van der Waals surface area contributed by atoms with E-state index in [1.807, 2.05) is 0 Å². The molecule has 0 N–H and O–H groups in total. The molecule has 1 rings (SSSR count). The normalized spacial score (nSPS) is 24.0. The van der Waals surface area contributed by atoms with Crippen molar-refractivity contribution in [2.45, 2.75) is 26.0 Å². The van der Waals surface area contributed by atoms with Crippen molar-refractivity contribution >= 4 is 0 Å². The second-order valence-electron chi connectivity index (χ2n) is 2.67. The number of hydrogen-bond donors (Lipinski definition) is 0. The standard InChI is InChI=1S/C6H12NO/c1-5(2)7-3-6(8)4-7/h5-6H,3-4H2,1-2H3. The lowest BCUT2D eigenvalue weighted by molar-refractivity contribution is -0.0573. The lowest BCUT2D eigenvalue weighted by atomic mass is 10.1. The summed E-state index contributed by atoms with van der Waals surface area (Å²) in [7, 11) is 0. The van der Waals surface area contributed by atoms with Crippen LogP contribution in [0.3, 0.4) is 0 Å². The molecule has 8 heavy (non-hydrogen) atoms. The van der Waals surface area contributed by atoms with Crippen LogP contribution >= 0.6 is 0 Å². The fourth-order valence-electron chi connectivity index (χ4n) is 0.891. The molecule has 0 spiro atoms. The summed E-state index contributed by atoms with van der Waals surface area (Å²) in [5.41, 5.74) is 0. The molecule has 1 aliphatic rings. The molecule has 1 saturated heterocycles. The molecule has 0 bridgehead atoms. The van der Waals surface area contributed by atoms with Crippen molar-refractivity contribution in [2.24, 2.45) is 0 Å². The Balaban J connectivity index is 2.15. The van der Waals surface area contributed by atoms with Crippen LogP contribution < -0.4 is 0 Å². The first-order valence-electron chi connectivity index (χ1n) is 3.10. The predicted molar refractivity (Wildman–Crippen MR) is 31.2 cm³/mol. The number of hydrogen-bond acceptors (Lipinski definition) is 1. The summed E-state index contributed by atoms with van der Waals surface area (Å²) in [4.78, 5) is 2.18. The second kappa shape index (κ2) is 2.03. The Hall–Kier alpha value is -0.0800. The minimum absolute atomic E-state index is 0.294. The van der Waals surface area contributed by atoms with Gasteiger partial charge in [-0.05, 0) is 13.8 Å². The average molecular weight is 114 g/mol. The predicted octanol–water partition coefficient (Wildman–Crippen LogP) is 0.510. The largest absolute Gasteiger partial charge is 0.295 e. The summed E-state index contributed by atoms with van der Waals surface area (Å²) in [6, 6.07) is 0.570. The van der Waals surface area contributed by atoms with Crippen LogP contribution in [-0.4, -0.2) is 30.1 Å². The quantitative estimate of drug-likeness (QED) is 0.487. The molecular formula is C6H12NO. The van der Waals surface area contributed by atoms with E-state index in [2.05, 4.69) is 18.7 Å². The van der Waals surface area contributed by atoms with Crippen molar-refractivity contribution in [3.05, 3.63) is 0 Å². The monoisotopic (exact) mass is 114 g/mol. The Morgan fingerprint density at radius 2 is 2.00 bits per heavy atom.